The lowest BCUT2D eigenvalue weighted by atomic mass is 9.95. The van der Waals surface area contributed by atoms with Crippen molar-refractivity contribution in [3.63, 3.8) is 0 Å². The summed E-state index contributed by atoms with van der Waals surface area (Å²) in [5.41, 5.74) is 4.35. The fourth-order valence-corrected chi connectivity index (χ4v) is 1.87. The first-order chi connectivity index (χ1) is 8.11. The van der Waals surface area contributed by atoms with Gasteiger partial charge in [0.2, 0.25) is 0 Å². The Balaban J connectivity index is 2.69. The summed E-state index contributed by atoms with van der Waals surface area (Å²) in [7, 11) is 0. The van der Waals surface area contributed by atoms with Crippen molar-refractivity contribution in [2.24, 2.45) is 0 Å². The summed E-state index contributed by atoms with van der Waals surface area (Å²) < 4.78 is 13.1. The Morgan fingerprint density at radius 2 is 1.76 bits per heavy atom. The van der Waals surface area contributed by atoms with Gasteiger partial charge in [0.15, 0.2) is 0 Å². The Kier molecular flexibility index (Phi) is 2.93. The van der Waals surface area contributed by atoms with Crippen molar-refractivity contribution in [2.45, 2.75) is 13.8 Å². The lowest BCUT2D eigenvalue weighted by Crippen LogP contribution is -1.90. The van der Waals surface area contributed by atoms with Crippen LogP contribution < -0.4 is 0 Å². The van der Waals surface area contributed by atoms with E-state index in [2.05, 4.69) is 0 Å². The summed E-state index contributed by atoms with van der Waals surface area (Å²) >= 11 is 0. The molecule has 2 aromatic carbocycles. The molecule has 0 saturated heterocycles. The zero-order valence-corrected chi connectivity index (χ0v) is 9.79. The fraction of sp³-hybridized carbons (Fsp3) is 0.133. The zero-order valence-electron chi connectivity index (χ0n) is 9.79. The molecule has 2 aromatic rings. The van der Waals surface area contributed by atoms with Gasteiger partial charge in [-0.25, -0.2) is 4.39 Å². The number of aryl methyl sites for hydroxylation is 2. The molecule has 0 spiro atoms. The molecule has 0 aliphatic rings. The summed E-state index contributed by atoms with van der Waals surface area (Å²) in [4.78, 5) is 0. The van der Waals surface area contributed by atoms with Gasteiger partial charge < -0.3 is 0 Å². The predicted molar refractivity (Wildman–Crippen MR) is 66.0 cm³/mol. The standard InChI is InChI=1S/C15H12FN/c1-10-3-4-11(2)15(7-10)14-6-5-13(16)8-12(14)9-17/h3-8H,1-2H3. The summed E-state index contributed by atoms with van der Waals surface area (Å²) in [6.45, 7) is 3.98. The third kappa shape index (κ3) is 2.19. The average molecular weight is 225 g/mol. The highest BCUT2D eigenvalue weighted by molar-refractivity contribution is 5.73. The summed E-state index contributed by atoms with van der Waals surface area (Å²) in [5.74, 6) is -0.379. The SMILES string of the molecule is Cc1ccc(C)c(-c2ccc(F)cc2C#N)c1. The van der Waals surface area contributed by atoms with Crippen LogP contribution in [0.2, 0.25) is 0 Å². The quantitative estimate of drug-likeness (QED) is 0.720. The molecule has 84 valence electrons. The molecule has 0 aromatic heterocycles. The molecule has 0 aliphatic heterocycles. The van der Waals surface area contributed by atoms with Gasteiger partial charge in [-0.1, -0.05) is 29.8 Å². The van der Waals surface area contributed by atoms with Crippen LogP contribution in [-0.4, -0.2) is 0 Å². The van der Waals surface area contributed by atoms with Crippen LogP contribution in [0.3, 0.4) is 0 Å². The van der Waals surface area contributed by atoms with Crippen LogP contribution in [0.25, 0.3) is 11.1 Å². The number of hydrogen-bond donors (Lipinski definition) is 0. The number of nitrogens with zero attached hydrogens (tertiary/aromatic N) is 1. The number of rotatable bonds is 1. The number of hydrogen-bond acceptors (Lipinski definition) is 1. The third-order valence-corrected chi connectivity index (χ3v) is 2.79. The third-order valence-electron chi connectivity index (χ3n) is 2.79. The van der Waals surface area contributed by atoms with Crippen LogP contribution in [0.1, 0.15) is 16.7 Å². The minimum absolute atomic E-state index is 0.374. The minimum atomic E-state index is -0.379. The minimum Gasteiger partial charge on any atom is -0.207 e. The monoisotopic (exact) mass is 225 g/mol. The molecule has 17 heavy (non-hydrogen) atoms. The van der Waals surface area contributed by atoms with Crippen LogP contribution in [0.15, 0.2) is 36.4 Å². The molecule has 0 unspecified atom stereocenters. The maximum atomic E-state index is 13.1. The molecular formula is C15H12FN. The van der Waals surface area contributed by atoms with Crippen LogP contribution in [0.5, 0.6) is 0 Å². The van der Waals surface area contributed by atoms with Crippen LogP contribution in [0, 0.1) is 31.0 Å². The Morgan fingerprint density at radius 3 is 2.47 bits per heavy atom. The Labute approximate surface area is 100 Å². The van der Waals surface area contributed by atoms with Crippen molar-refractivity contribution in [3.8, 4) is 17.2 Å². The molecule has 0 N–H and O–H groups in total. The van der Waals surface area contributed by atoms with Gasteiger partial charge in [0.25, 0.3) is 0 Å². The molecule has 0 fully saturated rings. The van der Waals surface area contributed by atoms with Gasteiger partial charge in [-0.05, 0) is 42.7 Å². The summed E-state index contributed by atoms with van der Waals surface area (Å²) in [6.07, 6.45) is 0. The van der Waals surface area contributed by atoms with E-state index >= 15 is 0 Å². The van der Waals surface area contributed by atoms with Gasteiger partial charge in [-0.3, -0.25) is 0 Å². The number of nitriles is 1. The first kappa shape index (κ1) is 11.3. The second-order valence-electron chi connectivity index (χ2n) is 4.12. The van der Waals surface area contributed by atoms with Gasteiger partial charge in [-0.2, -0.15) is 5.26 Å². The molecule has 0 saturated carbocycles. The lowest BCUT2D eigenvalue weighted by Gasteiger charge is -2.09. The van der Waals surface area contributed by atoms with E-state index in [1.54, 1.807) is 6.07 Å². The molecule has 2 rings (SSSR count). The molecule has 0 bridgehead atoms. The van der Waals surface area contributed by atoms with E-state index < -0.39 is 0 Å². The molecule has 0 atom stereocenters. The second-order valence-corrected chi connectivity index (χ2v) is 4.12. The highest BCUT2D eigenvalue weighted by Gasteiger charge is 2.08. The Hall–Kier alpha value is -2.14. The second kappa shape index (κ2) is 4.39. The van der Waals surface area contributed by atoms with Crippen LogP contribution >= 0.6 is 0 Å². The normalized spacial score (nSPS) is 10.0. The van der Waals surface area contributed by atoms with Gasteiger partial charge in [0.1, 0.15) is 5.82 Å². The molecule has 0 aliphatic carbocycles. The van der Waals surface area contributed by atoms with Gasteiger partial charge in [0, 0.05) is 0 Å². The molecule has 1 nitrogen and oxygen atoms in total. The number of benzene rings is 2. The molecular weight excluding hydrogens is 213 g/mol. The largest absolute Gasteiger partial charge is 0.207 e. The van der Waals surface area contributed by atoms with Crippen molar-refractivity contribution in [3.05, 3.63) is 58.9 Å². The topological polar surface area (TPSA) is 23.8 Å². The van der Waals surface area contributed by atoms with Crippen molar-refractivity contribution >= 4 is 0 Å². The van der Waals surface area contributed by atoms with Gasteiger partial charge >= 0.3 is 0 Å². The summed E-state index contributed by atoms with van der Waals surface area (Å²) in [6, 6.07) is 12.4. The molecule has 2 heteroatoms. The highest BCUT2D eigenvalue weighted by atomic mass is 19.1. The van der Waals surface area contributed by atoms with Crippen molar-refractivity contribution in [1.29, 1.82) is 5.26 Å². The first-order valence-electron chi connectivity index (χ1n) is 5.39. The van der Waals surface area contributed by atoms with Crippen molar-refractivity contribution in [1.82, 2.24) is 0 Å². The van der Waals surface area contributed by atoms with Gasteiger partial charge in [0.05, 0.1) is 11.6 Å². The first-order valence-corrected chi connectivity index (χ1v) is 5.39. The van der Waals surface area contributed by atoms with E-state index in [4.69, 9.17) is 5.26 Å². The predicted octanol–water partition coefficient (Wildman–Crippen LogP) is 3.98. The molecule has 0 amide bonds. The van der Waals surface area contributed by atoms with E-state index in [9.17, 15) is 4.39 Å². The van der Waals surface area contributed by atoms with E-state index in [1.165, 1.54) is 12.1 Å². The number of halogens is 1. The molecule has 0 heterocycles. The average Bonchev–Trinajstić information content (AvgIpc) is 2.32. The zero-order chi connectivity index (χ0) is 12.4. The van der Waals surface area contributed by atoms with Crippen LogP contribution in [-0.2, 0) is 0 Å². The van der Waals surface area contributed by atoms with E-state index in [1.807, 2.05) is 38.1 Å². The smallest absolute Gasteiger partial charge is 0.124 e. The maximum absolute atomic E-state index is 13.1. The molecule has 0 radical (unpaired) electrons. The van der Waals surface area contributed by atoms with E-state index in [0.717, 1.165) is 22.3 Å². The van der Waals surface area contributed by atoms with Gasteiger partial charge in [-0.15, -0.1) is 0 Å². The van der Waals surface area contributed by atoms with Crippen LogP contribution in [0.4, 0.5) is 4.39 Å². The van der Waals surface area contributed by atoms with Crippen molar-refractivity contribution in [2.75, 3.05) is 0 Å². The fourth-order valence-electron chi connectivity index (χ4n) is 1.87. The van der Waals surface area contributed by atoms with E-state index in [0.29, 0.717) is 5.56 Å². The summed E-state index contributed by atoms with van der Waals surface area (Å²) in [5, 5.41) is 9.05. The Bertz CT molecular complexity index is 609. The lowest BCUT2D eigenvalue weighted by molar-refractivity contribution is 0.627. The van der Waals surface area contributed by atoms with Crippen molar-refractivity contribution < 1.29 is 4.39 Å². The Morgan fingerprint density at radius 1 is 1.00 bits per heavy atom. The van der Waals surface area contributed by atoms with E-state index in [-0.39, 0.29) is 5.82 Å². The highest BCUT2D eigenvalue weighted by Crippen LogP contribution is 2.28. The maximum Gasteiger partial charge on any atom is 0.124 e.